The molecule has 0 spiro atoms. The number of nitrogens with zero attached hydrogens (tertiary/aromatic N) is 1. The molecule has 2 bridgehead atoms. The normalized spacial score (nSPS) is 39.6. The molecule has 0 aliphatic heterocycles. The Bertz CT molecular complexity index is 441. The second-order valence-corrected chi connectivity index (χ2v) is 7.17. The van der Waals surface area contributed by atoms with Crippen LogP contribution in [0.25, 0.3) is 0 Å². The molecule has 1 aromatic rings. The maximum atomic E-state index is 9.99. The van der Waals surface area contributed by atoms with Crippen molar-refractivity contribution >= 4 is 11.3 Å². The first-order chi connectivity index (χ1) is 8.31. The Labute approximate surface area is 106 Å². The van der Waals surface area contributed by atoms with Gasteiger partial charge in [0.15, 0.2) is 0 Å². The fraction of sp³-hybridized carbons (Fsp3) is 0.786. The van der Waals surface area contributed by atoms with Crippen LogP contribution in [0.1, 0.15) is 66.1 Å². The van der Waals surface area contributed by atoms with Gasteiger partial charge in [-0.15, -0.1) is 11.3 Å². The number of hydrogen-bond donors (Lipinski definition) is 1. The van der Waals surface area contributed by atoms with E-state index in [2.05, 4.69) is 0 Å². The van der Waals surface area contributed by atoms with E-state index in [1.807, 2.05) is 11.3 Å². The van der Waals surface area contributed by atoms with Crippen LogP contribution < -0.4 is 0 Å². The molecule has 17 heavy (non-hydrogen) atoms. The van der Waals surface area contributed by atoms with Gasteiger partial charge < -0.3 is 5.11 Å². The van der Waals surface area contributed by atoms with Crippen molar-refractivity contribution < 1.29 is 5.11 Å². The van der Waals surface area contributed by atoms with E-state index < -0.39 is 0 Å². The van der Waals surface area contributed by atoms with E-state index in [0.29, 0.717) is 0 Å². The van der Waals surface area contributed by atoms with E-state index >= 15 is 0 Å². The molecule has 2 saturated carbocycles. The second-order valence-electron chi connectivity index (χ2n) is 6.05. The van der Waals surface area contributed by atoms with Crippen LogP contribution in [-0.4, -0.2) is 10.1 Å². The maximum absolute atomic E-state index is 9.99. The maximum Gasteiger partial charge on any atom is 0.0971 e. The molecule has 3 aliphatic rings. The zero-order chi connectivity index (χ0) is 11.4. The Morgan fingerprint density at radius 2 is 2.12 bits per heavy atom. The molecule has 3 aliphatic carbocycles. The van der Waals surface area contributed by atoms with Crippen molar-refractivity contribution in [2.24, 2.45) is 11.8 Å². The van der Waals surface area contributed by atoms with Gasteiger partial charge >= 0.3 is 0 Å². The van der Waals surface area contributed by atoms with Crippen LogP contribution in [0.4, 0.5) is 0 Å². The van der Waals surface area contributed by atoms with Gasteiger partial charge in [-0.25, -0.2) is 4.98 Å². The Morgan fingerprint density at radius 1 is 1.18 bits per heavy atom. The summed E-state index contributed by atoms with van der Waals surface area (Å²) in [6, 6.07) is 0. The highest BCUT2D eigenvalue weighted by molar-refractivity contribution is 7.11. The number of fused-ring (bicyclic) bond motifs is 3. The minimum atomic E-state index is -0.276. The van der Waals surface area contributed by atoms with Crippen molar-refractivity contribution in [3.8, 4) is 0 Å². The molecule has 1 aromatic heterocycles. The van der Waals surface area contributed by atoms with Gasteiger partial charge in [-0.2, -0.15) is 0 Å². The molecule has 2 fully saturated rings. The lowest BCUT2D eigenvalue weighted by molar-refractivity contribution is 0.152. The molecule has 4 rings (SSSR count). The molecule has 1 heterocycles. The van der Waals surface area contributed by atoms with Crippen molar-refractivity contribution in [2.45, 2.75) is 57.0 Å². The van der Waals surface area contributed by atoms with Crippen LogP contribution >= 0.6 is 11.3 Å². The number of rotatable bonds is 1. The number of aryl methyl sites for hydroxylation is 1. The largest absolute Gasteiger partial charge is 0.387 e. The molecular weight excluding hydrogens is 230 g/mol. The number of aliphatic hydroxyl groups is 1. The smallest absolute Gasteiger partial charge is 0.0971 e. The average Bonchev–Trinajstić information content (AvgIpc) is 3.03. The number of hydrogen-bond acceptors (Lipinski definition) is 3. The summed E-state index contributed by atoms with van der Waals surface area (Å²) in [5, 5.41) is 11.3. The first kappa shape index (κ1) is 10.5. The monoisotopic (exact) mass is 249 g/mol. The molecule has 0 aromatic carbocycles. The molecule has 92 valence electrons. The molecule has 0 radical (unpaired) electrons. The summed E-state index contributed by atoms with van der Waals surface area (Å²) in [6.07, 6.45) is 8.59. The van der Waals surface area contributed by atoms with Crippen molar-refractivity contribution in [1.29, 1.82) is 0 Å². The molecular formula is C14H19NOS. The van der Waals surface area contributed by atoms with Gasteiger partial charge in [0, 0.05) is 10.8 Å². The van der Waals surface area contributed by atoms with Crippen molar-refractivity contribution in [2.75, 3.05) is 0 Å². The lowest BCUT2D eigenvalue weighted by atomic mass is 9.89. The molecule has 3 heteroatoms. The van der Waals surface area contributed by atoms with Crippen LogP contribution in [0.5, 0.6) is 0 Å². The third-order valence-corrected chi connectivity index (χ3v) is 6.26. The van der Waals surface area contributed by atoms with Crippen LogP contribution in [0, 0.1) is 11.8 Å². The zero-order valence-corrected chi connectivity index (χ0v) is 10.9. The minimum Gasteiger partial charge on any atom is -0.387 e. The topological polar surface area (TPSA) is 33.1 Å². The van der Waals surface area contributed by atoms with Gasteiger partial charge in [-0.1, -0.05) is 6.42 Å². The summed E-state index contributed by atoms with van der Waals surface area (Å²) in [5.74, 6) is 2.62. The summed E-state index contributed by atoms with van der Waals surface area (Å²) >= 11 is 1.90. The summed E-state index contributed by atoms with van der Waals surface area (Å²) in [5.41, 5.74) is 1.03. The highest BCUT2D eigenvalue weighted by Crippen LogP contribution is 2.54. The highest BCUT2D eigenvalue weighted by Gasteiger charge is 2.42. The van der Waals surface area contributed by atoms with Crippen molar-refractivity contribution in [3.05, 3.63) is 15.6 Å². The minimum absolute atomic E-state index is 0.276. The van der Waals surface area contributed by atoms with Gasteiger partial charge in [-0.05, 0) is 50.4 Å². The lowest BCUT2D eigenvalue weighted by Gasteiger charge is -2.19. The van der Waals surface area contributed by atoms with Crippen LogP contribution in [0.15, 0.2) is 0 Å². The van der Waals surface area contributed by atoms with E-state index in [1.165, 1.54) is 35.6 Å². The Kier molecular flexibility index (Phi) is 2.34. The van der Waals surface area contributed by atoms with E-state index in [4.69, 9.17) is 4.98 Å². The van der Waals surface area contributed by atoms with Gasteiger partial charge in [0.05, 0.1) is 16.8 Å². The van der Waals surface area contributed by atoms with Crippen molar-refractivity contribution in [3.63, 3.8) is 0 Å². The van der Waals surface area contributed by atoms with Crippen LogP contribution in [-0.2, 0) is 6.42 Å². The molecule has 2 nitrogen and oxygen atoms in total. The Balaban J connectivity index is 1.66. The first-order valence-corrected chi connectivity index (χ1v) is 7.80. The predicted octanol–water partition coefficient (Wildman–Crippen LogP) is 3.42. The third-order valence-electron chi connectivity index (χ3n) is 5.00. The van der Waals surface area contributed by atoms with E-state index in [9.17, 15) is 5.11 Å². The quantitative estimate of drug-likeness (QED) is 0.827. The lowest BCUT2D eigenvalue weighted by Crippen LogP contribution is -2.09. The van der Waals surface area contributed by atoms with Crippen LogP contribution in [0.3, 0.4) is 0 Å². The summed E-state index contributed by atoms with van der Waals surface area (Å²) in [4.78, 5) is 6.18. The number of thiazole rings is 1. The van der Waals surface area contributed by atoms with E-state index in [-0.39, 0.29) is 6.10 Å². The SMILES string of the molecule is OC1CCCc2sc(C3CC4CCC3C4)nc21. The predicted molar refractivity (Wildman–Crippen MR) is 68.2 cm³/mol. The van der Waals surface area contributed by atoms with Gasteiger partial charge in [0.1, 0.15) is 0 Å². The molecule has 0 saturated heterocycles. The molecule has 4 unspecified atom stereocenters. The van der Waals surface area contributed by atoms with Crippen molar-refractivity contribution in [1.82, 2.24) is 4.98 Å². The van der Waals surface area contributed by atoms with E-state index in [0.717, 1.165) is 42.7 Å². The fourth-order valence-electron chi connectivity index (χ4n) is 4.12. The summed E-state index contributed by atoms with van der Waals surface area (Å²) < 4.78 is 0. The van der Waals surface area contributed by atoms with Gasteiger partial charge in [0.25, 0.3) is 0 Å². The zero-order valence-electron chi connectivity index (χ0n) is 10.1. The second kappa shape index (κ2) is 3.79. The molecule has 1 N–H and O–H groups in total. The molecule has 4 atom stereocenters. The van der Waals surface area contributed by atoms with Crippen LogP contribution in [0.2, 0.25) is 0 Å². The Morgan fingerprint density at radius 3 is 2.82 bits per heavy atom. The van der Waals surface area contributed by atoms with E-state index in [1.54, 1.807) is 0 Å². The average molecular weight is 249 g/mol. The van der Waals surface area contributed by atoms with Gasteiger partial charge in [-0.3, -0.25) is 0 Å². The standard InChI is InChI=1S/C14H19NOS/c16-11-2-1-3-12-13(11)15-14(17-12)10-7-8-4-5-9(10)6-8/h8-11,16H,1-7H2. The summed E-state index contributed by atoms with van der Waals surface area (Å²) in [7, 11) is 0. The fourth-order valence-corrected chi connectivity index (χ4v) is 5.49. The Hall–Kier alpha value is -0.410. The molecule has 0 amide bonds. The summed E-state index contributed by atoms with van der Waals surface area (Å²) in [6.45, 7) is 0. The number of aliphatic hydroxyl groups excluding tert-OH is 1. The third kappa shape index (κ3) is 1.59. The highest BCUT2D eigenvalue weighted by atomic mass is 32.1. The van der Waals surface area contributed by atoms with Gasteiger partial charge in [0.2, 0.25) is 0 Å². The first-order valence-electron chi connectivity index (χ1n) is 6.99. The number of aromatic nitrogens is 1.